The molecule has 0 saturated heterocycles. The summed E-state index contributed by atoms with van der Waals surface area (Å²) >= 11 is 0. The summed E-state index contributed by atoms with van der Waals surface area (Å²) in [7, 11) is 0. The topological polar surface area (TPSA) is 38.9 Å². The monoisotopic (exact) mass is 876 g/mol. The SMILES string of the molecule is c1ccc(-c2ccc(-c3cc(-c4ccccc4)nc(-c4cccc5c4C4(c6ccccc6C6(c7ccccc7-c7ccccc76)c6ccccc64)c4c-5ccc5c4oc4ccccc45)n3)cc2)cc1. The van der Waals surface area contributed by atoms with E-state index in [1.165, 1.54) is 50.1 Å². The zero-order chi connectivity index (χ0) is 45.3. The van der Waals surface area contributed by atoms with Gasteiger partial charge in [-0.05, 0) is 90.5 Å². The molecule has 320 valence electrons. The molecule has 2 heterocycles. The van der Waals surface area contributed by atoms with E-state index < -0.39 is 10.8 Å². The van der Waals surface area contributed by atoms with Crippen LogP contribution in [-0.4, -0.2) is 9.97 Å². The Hall–Kier alpha value is -8.92. The predicted octanol–water partition coefficient (Wildman–Crippen LogP) is 16.1. The highest BCUT2D eigenvalue weighted by molar-refractivity contribution is 6.11. The predicted molar refractivity (Wildman–Crippen MR) is 279 cm³/mol. The van der Waals surface area contributed by atoms with E-state index >= 15 is 0 Å². The summed E-state index contributed by atoms with van der Waals surface area (Å²) in [6.07, 6.45) is 0. The zero-order valence-corrected chi connectivity index (χ0v) is 37.4. The van der Waals surface area contributed by atoms with Crippen molar-refractivity contribution in [3.63, 3.8) is 0 Å². The van der Waals surface area contributed by atoms with Crippen LogP contribution in [0.4, 0.5) is 0 Å². The molecule has 3 nitrogen and oxygen atoms in total. The minimum atomic E-state index is -0.858. The average molecular weight is 877 g/mol. The number of benzene rings is 10. The Bertz CT molecular complexity index is 3980. The van der Waals surface area contributed by atoms with Crippen LogP contribution in [0.2, 0.25) is 0 Å². The molecule has 69 heavy (non-hydrogen) atoms. The van der Waals surface area contributed by atoms with Crippen molar-refractivity contribution in [1.29, 1.82) is 0 Å². The van der Waals surface area contributed by atoms with Crippen molar-refractivity contribution in [1.82, 2.24) is 9.97 Å². The second-order valence-electron chi connectivity index (χ2n) is 18.6. The molecule has 0 unspecified atom stereocenters. The third-order valence-electron chi connectivity index (χ3n) is 15.4. The van der Waals surface area contributed by atoms with Crippen LogP contribution >= 0.6 is 0 Å². The van der Waals surface area contributed by atoms with E-state index in [0.29, 0.717) is 5.82 Å². The van der Waals surface area contributed by atoms with Gasteiger partial charge in [-0.1, -0.05) is 224 Å². The number of nitrogens with zero attached hydrogens (tertiary/aromatic N) is 2. The Labute approximate surface area is 399 Å². The summed E-state index contributed by atoms with van der Waals surface area (Å²) in [5.41, 5.74) is 22.2. The van der Waals surface area contributed by atoms with Crippen molar-refractivity contribution >= 4 is 21.9 Å². The average Bonchev–Trinajstić information content (AvgIpc) is 4.06. The largest absolute Gasteiger partial charge is 0.456 e. The van der Waals surface area contributed by atoms with Gasteiger partial charge in [0.25, 0.3) is 0 Å². The first kappa shape index (κ1) is 38.2. The molecule has 10 aromatic carbocycles. The molecular weight excluding hydrogens is 837 g/mol. The van der Waals surface area contributed by atoms with Crippen LogP contribution < -0.4 is 0 Å². The quantitative estimate of drug-likeness (QED) is 0.177. The molecule has 0 N–H and O–H groups in total. The van der Waals surface area contributed by atoms with Gasteiger partial charge in [-0.3, -0.25) is 0 Å². The van der Waals surface area contributed by atoms with Crippen LogP contribution in [0.3, 0.4) is 0 Å². The Morgan fingerprint density at radius 1 is 0.290 bits per heavy atom. The van der Waals surface area contributed by atoms with Crippen molar-refractivity contribution in [2.75, 3.05) is 0 Å². The molecule has 15 rings (SSSR count). The summed E-state index contributed by atoms with van der Waals surface area (Å²) < 4.78 is 7.22. The number of hydrogen-bond acceptors (Lipinski definition) is 3. The second-order valence-corrected chi connectivity index (χ2v) is 18.6. The molecule has 0 radical (unpaired) electrons. The lowest BCUT2D eigenvalue weighted by Crippen LogP contribution is -2.44. The third kappa shape index (κ3) is 5.06. The Balaban J connectivity index is 1.07. The molecule has 12 aromatic rings. The summed E-state index contributed by atoms with van der Waals surface area (Å²) in [5.74, 6) is 0.676. The van der Waals surface area contributed by atoms with Gasteiger partial charge in [-0.25, -0.2) is 9.97 Å². The number of para-hydroxylation sites is 1. The summed E-state index contributed by atoms with van der Waals surface area (Å²) in [6.45, 7) is 0. The molecule has 0 bridgehead atoms. The molecule has 3 aliphatic rings. The fraction of sp³-hybridized carbons (Fsp3) is 0.0303. The molecular formula is C66H40N2O. The third-order valence-corrected chi connectivity index (χ3v) is 15.4. The van der Waals surface area contributed by atoms with E-state index in [4.69, 9.17) is 14.4 Å². The molecule has 0 atom stereocenters. The number of aromatic nitrogens is 2. The van der Waals surface area contributed by atoms with Gasteiger partial charge in [0.05, 0.1) is 22.2 Å². The highest BCUT2D eigenvalue weighted by Gasteiger charge is 2.60. The van der Waals surface area contributed by atoms with Crippen LogP contribution in [0.5, 0.6) is 0 Å². The van der Waals surface area contributed by atoms with Crippen molar-refractivity contribution in [3.05, 3.63) is 287 Å². The van der Waals surface area contributed by atoms with E-state index in [1.54, 1.807) is 0 Å². The van der Waals surface area contributed by atoms with E-state index in [1.807, 2.05) is 0 Å². The normalized spacial score (nSPS) is 14.0. The molecule has 2 spiro atoms. The van der Waals surface area contributed by atoms with Gasteiger partial charge in [0.15, 0.2) is 5.82 Å². The van der Waals surface area contributed by atoms with Crippen molar-refractivity contribution in [3.8, 4) is 67.3 Å². The Kier molecular flexibility index (Phi) is 7.92. The summed E-state index contributed by atoms with van der Waals surface area (Å²) in [4.78, 5) is 11.2. The highest BCUT2D eigenvalue weighted by Crippen LogP contribution is 2.69. The van der Waals surface area contributed by atoms with Crippen LogP contribution in [0.15, 0.2) is 247 Å². The smallest absolute Gasteiger partial charge is 0.160 e. The first-order chi connectivity index (χ1) is 34.2. The second kappa shape index (κ2) is 14.3. The highest BCUT2D eigenvalue weighted by atomic mass is 16.3. The van der Waals surface area contributed by atoms with Crippen LogP contribution in [0, 0.1) is 0 Å². The van der Waals surface area contributed by atoms with E-state index in [2.05, 4.69) is 243 Å². The van der Waals surface area contributed by atoms with Gasteiger partial charge in [0.1, 0.15) is 11.2 Å². The molecule has 3 heteroatoms. The fourth-order valence-corrected chi connectivity index (χ4v) is 12.7. The molecule has 0 fully saturated rings. The number of fused-ring (bicyclic) bond motifs is 20. The zero-order valence-electron chi connectivity index (χ0n) is 37.4. The lowest BCUT2D eigenvalue weighted by atomic mass is 9.52. The van der Waals surface area contributed by atoms with Crippen LogP contribution in [0.1, 0.15) is 44.5 Å². The maximum Gasteiger partial charge on any atom is 0.160 e. The van der Waals surface area contributed by atoms with Crippen LogP contribution in [-0.2, 0) is 10.8 Å². The first-order valence-corrected chi connectivity index (χ1v) is 23.8. The molecule has 0 amide bonds. The van der Waals surface area contributed by atoms with Crippen LogP contribution in [0.25, 0.3) is 89.2 Å². The maximum absolute atomic E-state index is 7.22. The Morgan fingerprint density at radius 3 is 1.38 bits per heavy atom. The number of rotatable bonds is 4. The lowest BCUT2D eigenvalue weighted by molar-refractivity contribution is 0.615. The molecule has 0 aliphatic heterocycles. The van der Waals surface area contributed by atoms with Gasteiger partial charge in [-0.15, -0.1) is 0 Å². The lowest BCUT2D eigenvalue weighted by Gasteiger charge is -2.49. The minimum Gasteiger partial charge on any atom is -0.456 e. The molecule has 3 aliphatic carbocycles. The van der Waals surface area contributed by atoms with E-state index in [0.717, 1.165) is 77.8 Å². The maximum atomic E-state index is 7.22. The summed E-state index contributed by atoms with van der Waals surface area (Å²) in [5, 5.41) is 2.21. The first-order valence-electron chi connectivity index (χ1n) is 23.8. The van der Waals surface area contributed by atoms with Gasteiger partial charge >= 0.3 is 0 Å². The van der Waals surface area contributed by atoms with Crippen molar-refractivity contribution in [2.24, 2.45) is 0 Å². The van der Waals surface area contributed by atoms with E-state index in [9.17, 15) is 0 Å². The van der Waals surface area contributed by atoms with E-state index in [-0.39, 0.29) is 0 Å². The van der Waals surface area contributed by atoms with Gasteiger partial charge in [0, 0.05) is 33.0 Å². The minimum absolute atomic E-state index is 0.589. The van der Waals surface area contributed by atoms with Gasteiger partial charge in [-0.2, -0.15) is 0 Å². The van der Waals surface area contributed by atoms with Gasteiger partial charge < -0.3 is 4.42 Å². The van der Waals surface area contributed by atoms with Crippen molar-refractivity contribution in [2.45, 2.75) is 10.8 Å². The summed E-state index contributed by atoms with van der Waals surface area (Å²) in [6, 6.07) is 88.5. The van der Waals surface area contributed by atoms with Crippen molar-refractivity contribution < 1.29 is 4.42 Å². The fourth-order valence-electron chi connectivity index (χ4n) is 12.7. The molecule has 2 aromatic heterocycles. The molecule has 0 saturated carbocycles. The van der Waals surface area contributed by atoms with Gasteiger partial charge in [0.2, 0.25) is 0 Å². The number of furan rings is 1. The number of hydrogen-bond donors (Lipinski definition) is 0. The standard InChI is InChI=1S/C66H40N2O/c1-3-18-41(19-4-1)42-34-36-44(37-35-42)59-40-58(43-20-5-2-6-21-43)67-64(68-59)51-26-17-25-48-49-38-39-50-47-24-9-16-33-60(47)69-63(50)62(49)66(61(48)51)56-31-14-12-29-54(56)65(55-30-13-15-32-57(55)66)52-27-10-7-22-45(52)46-23-8-11-28-53(46)65/h1-40H. The Morgan fingerprint density at radius 2 is 0.739 bits per heavy atom.